The molecule has 2 aromatic carbocycles. The molecule has 0 spiro atoms. The van der Waals surface area contributed by atoms with Gasteiger partial charge in [-0.3, -0.25) is 9.59 Å². The first-order valence-electron chi connectivity index (χ1n) is 12.5. The van der Waals surface area contributed by atoms with Gasteiger partial charge in [-0.15, -0.1) is 0 Å². The lowest BCUT2D eigenvalue weighted by Gasteiger charge is -2.25. The van der Waals surface area contributed by atoms with Crippen molar-refractivity contribution in [2.45, 2.75) is 64.1 Å². The molecule has 0 heterocycles. The van der Waals surface area contributed by atoms with Crippen LogP contribution in [-0.4, -0.2) is 54.8 Å². The van der Waals surface area contributed by atoms with Gasteiger partial charge in [0.25, 0.3) is 0 Å². The van der Waals surface area contributed by atoms with Crippen molar-refractivity contribution in [1.82, 2.24) is 15.4 Å². The quantitative estimate of drug-likeness (QED) is 0.172. The Balaban J connectivity index is 0.000000671. The van der Waals surface area contributed by atoms with E-state index >= 15 is 0 Å². The van der Waals surface area contributed by atoms with Gasteiger partial charge in [0.1, 0.15) is 23.9 Å². The van der Waals surface area contributed by atoms with Gasteiger partial charge in [-0.05, 0) is 80.3 Å². The van der Waals surface area contributed by atoms with Gasteiger partial charge in [0.05, 0.1) is 19.2 Å². The minimum Gasteiger partial charge on any atom is -0.497 e. The molecule has 10 heteroatoms. The number of hydrogen-bond acceptors (Lipinski definition) is 7. The van der Waals surface area contributed by atoms with Crippen LogP contribution < -0.4 is 20.1 Å². The Morgan fingerprint density at radius 1 is 1.00 bits per heavy atom. The third-order valence-corrected chi connectivity index (χ3v) is 7.47. The Hall–Kier alpha value is -2.56. The molecule has 0 fully saturated rings. The number of hydrogen-bond donors (Lipinski definition) is 3. The number of aldehydes is 1. The zero-order valence-corrected chi connectivity index (χ0v) is 24.6. The normalized spacial score (nSPS) is 12.9. The highest BCUT2D eigenvalue weighted by atomic mass is 32.2. The Kier molecular flexibility index (Phi) is 16.4. The first kappa shape index (κ1) is 33.5. The van der Waals surface area contributed by atoms with Gasteiger partial charge < -0.3 is 20.2 Å². The average Bonchev–Trinajstić information content (AvgIpc) is 2.91. The van der Waals surface area contributed by atoms with Crippen LogP contribution in [0.2, 0.25) is 0 Å². The molecule has 0 bridgehead atoms. The number of halogens is 1. The predicted octanol–water partition coefficient (Wildman–Crippen LogP) is 4.78. The molecule has 0 aliphatic heterocycles. The Morgan fingerprint density at radius 3 is 2.16 bits per heavy atom. The summed E-state index contributed by atoms with van der Waals surface area (Å²) in [5.41, 5.74) is 1.26. The smallest absolute Gasteiger partial charge is 0.243 e. The molecule has 0 saturated carbocycles. The monoisotopic (exact) mass is 565 g/mol. The number of methoxy groups -OCH3 is 1. The lowest BCUT2D eigenvalue weighted by atomic mass is 10.0. The number of nitrogens with one attached hydrogen (secondary N) is 3. The maximum atomic E-state index is 13.0. The van der Waals surface area contributed by atoms with Crippen LogP contribution in [0.25, 0.3) is 0 Å². The number of benzene rings is 2. The highest BCUT2D eigenvalue weighted by Crippen LogP contribution is 2.16. The average molecular weight is 566 g/mol. The summed E-state index contributed by atoms with van der Waals surface area (Å²) in [5.74, 6) is 1.16. The van der Waals surface area contributed by atoms with Crippen LogP contribution in [0.5, 0.6) is 5.75 Å². The van der Waals surface area contributed by atoms with Crippen LogP contribution in [0.3, 0.4) is 0 Å². The SMILES string of the molecule is CCCSC[C@@H](C=O)NC(=O)C(NC(=O)[C@H](C)NSc1ccc(F)cc1)C(C)C.COc1ccc(C)cc1. The van der Waals surface area contributed by atoms with Crippen LogP contribution in [0.1, 0.15) is 39.7 Å². The van der Waals surface area contributed by atoms with E-state index in [1.165, 1.54) is 29.6 Å². The molecule has 2 amide bonds. The fraction of sp³-hybridized carbons (Fsp3) is 0.464. The molecule has 0 saturated heterocycles. The van der Waals surface area contributed by atoms with Crippen LogP contribution in [0, 0.1) is 18.7 Å². The Labute approximate surface area is 234 Å². The molecule has 210 valence electrons. The number of carbonyl (C=O) groups is 3. The summed E-state index contributed by atoms with van der Waals surface area (Å²) >= 11 is 2.81. The van der Waals surface area contributed by atoms with E-state index in [-0.39, 0.29) is 23.5 Å². The van der Waals surface area contributed by atoms with Crippen LogP contribution in [-0.2, 0) is 14.4 Å². The van der Waals surface area contributed by atoms with Gasteiger partial charge in [-0.1, -0.05) is 38.5 Å². The second kappa shape index (κ2) is 18.7. The zero-order valence-electron chi connectivity index (χ0n) is 23.0. The molecule has 2 aromatic rings. The molecule has 0 aliphatic rings. The first-order valence-corrected chi connectivity index (χ1v) is 14.5. The second-order valence-corrected chi connectivity index (χ2v) is 11.0. The summed E-state index contributed by atoms with van der Waals surface area (Å²) in [5, 5.41) is 5.46. The minimum absolute atomic E-state index is 0.147. The van der Waals surface area contributed by atoms with Crippen molar-refractivity contribution in [3.8, 4) is 5.75 Å². The van der Waals surface area contributed by atoms with Gasteiger partial charge in [0.15, 0.2) is 0 Å². The van der Waals surface area contributed by atoms with Crippen molar-refractivity contribution in [2.24, 2.45) is 5.92 Å². The lowest BCUT2D eigenvalue weighted by molar-refractivity contribution is -0.131. The zero-order chi connectivity index (χ0) is 28.5. The maximum absolute atomic E-state index is 13.0. The molecule has 7 nitrogen and oxygen atoms in total. The number of rotatable bonds is 14. The highest BCUT2D eigenvalue weighted by molar-refractivity contribution is 7.99. The van der Waals surface area contributed by atoms with Crippen molar-refractivity contribution in [1.29, 1.82) is 0 Å². The van der Waals surface area contributed by atoms with Crippen molar-refractivity contribution >= 4 is 41.8 Å². The van der Waals surface area contributed by atoms with E-state index in [2.05, 4.69) is 29.2 Å². The molecule has 0 aromatic heterocycles. The summed E-state index contributed by atoms with van der Waals surface area (Å²) in [7, 11) is 1.67. The largest absolute Gasteiger partial charge is 0.497 e. The number of aryl methyl sites for hydroxylation is 1. The molecule has 0 aliphatic carbocycles. The molecular formula is C28H40FN3O4S2. The maximum Gasteiger partial charge on any atom is 0.243 e. The topological polar surface area (TPSA) is 96.5 Å². The summed E-state index contributed by atoms with van der Waals surface area (Å²) in [4.78, 5) is 37.1. The predicted molar refractivity (Wildman–Crippen MR) is 155 cm³/mol. The fourth-order valence-electron chi connectivity index (χ4n) is 2.94. The summed E-state index contributed by atoms with van der Waals surface area (Å²) in [6, 6.07) is 12.0. The Bertz CT molecular complexity index is 975. The Morgan fingerprint density at radius 2 is 1.63 bits per heavy atom. The van der Waals surface area contributed by atoms with Crippen LogP contribution in [0.15, 0.2) is 53.4 Å². The molecule has 3 atom stereocenters. The first-order chi connectivity index (χ1) is 18.1. The summed E-state index contributed by atoms with van der Waals surface area (Å²) < 4.78 is 20.9. The number of thioether (sulfide) groups is 1. The van der Waals surface area contributed by atoms with Gasteiger partial charge in [0.2, 0.25) is 11.8 Å². The van der Waals surface area contributed by atoms with Crippen molar-refractivity contribution in [3.05, 3.63) is 59.9 Å². The molecule has 3 N–H and O–H groups in total. The standard InChI is InChI=1S/C20H30FN3O3S2.C8H10O/c1-5-10-28-12-16(11-25)22-20(27)18(13(2)3)23-19(26)14(4)24-29-17-8-6-15(21)7-9-17;1-7-3-5-8(9-2)6-4-7/h6-9,11,13-14,16,18,24H,5,10,12H2,1-4H3,(H,22,27)(H,23,26);3-6H,1-2H3/t14-,16+,18?;/m0./s1. The molecule has 0 radical (unpaired) electrons. The molecular weight excluding hydrogens is 525 g/mol. The van der Waals surface area contributed by atoms with E-state index in [1.54, 1.807) is 37.9 Å². The summed E-state index contributed by atoms with van der Waals surface area (Å²) in [6.07, 6.45) is 1.72. The van der Waals surface area contributed by atoms with Gasteiger partial charge in [-0.2, -0.15) is 11.8 Å². The second-order valence-electron chi connectivity index (χ2n) is 8.97. The third-order valence-electron chi connectivity index (χ3n) is 5.20. The fourth-order valence-corrected chi connectivity index (χ4v) is 4.51. The van der Waals surface area contributed by atoms with Gasteiger partial charge >= 0.3 is 0 Å². The van der Waals surface area contributed by atoms with Crippen molar-refractivity contribution in [3.63, 3.8) is 0 Å². The van der Waals surface area contributed by atoms with Crippen LogP contribution >= 0.6 is 23.7 Å². The van der Waals surface area contributed by atoms with Gasteiger partial charge in [-0.25, -0.2) is 9.11 Å². The van der Waals surface area contributed by atoms with E-state index in [1.807, 2.05) is 38.1 Å². The molecule has 1 unspecified atom stereocenters. The van der Waals surface area contributed by atoms with Crippen molar-refractivity contribution in [2.75, 3.05) is 18.6 Å². The molecule has 38 heavy (non-hydrogen) atoms. The van der Waals surface area contributed by atoms with Gasteiger partial charge in [0, 0.05) is 10.6 Å². The molecule has 2 rings (SSSR count). The number of carbonyl (C=O) groups excluding carboxylic acids is 3. The van der Waals surface area contributed by atoms with E-state index in [4.69, 9.17) is 4.74 Å². The van der Waals surface area contributed by atoms with E-state index in [0.717, 1.165) is 29.1 Å². The van der Waals surface area contributed by atoms with Crippen LogP contribution in [0.4, 0.5) is 4.39 Å². The van der Waals surface area contributed by atoms with E-state index in [9.17, 15) is 18.8 Å². The lowest BCUT2D eigenvalue weighted by Crippen LogP contribution is -2.55. The number of ether oxygens (including phenoxy) is 1. The van der Waals surface area contributed by atoms with Crippen molar-refractivity contribution < 1.29 is 23.5 Å². The van der Waals surface area contributed by atoms with E-state index in [0.29, 0.717) is 5.75 Å². The number of amides is 2. The van der Waals surface area contributed by atoms with E-state index < -0.39 is 18.1 Å². The highest BCUT2D eigenvalue weighted by Gasteiger charge is 2.27. The minimum atomic E-state index is -0.749. The third kappa shape index (κ3) is 13.3. The summed E-state index contributed by atoms with van der Waals surface area (Å²) in [6.45, 7) is 9.45.